The number of aromatic nitrogens is 1. The molecule has 0 aliphatic heterocycles. The number of aromatic carboxylic acids is 1. The highest BCUT2D eigenvalue weighted by molar-refractivity contribution is 14.1. The van der Waals surface area contributed by atoms with Crippen LogP contribution < -0.4 is 4.74 Å². The van der Waals surface area contributed by atoms with E-state index in [1.807, 2.05) is 18.2 Å². The molecule has 0 fully saturated rings. The van der Waals surface area contributed by atoms with Gasteiger partial charge in [0.2, 0.25) is 0 Å². The van der Waals surface area contributed by atoms with Gasteiger partial charge in [0.1, 0.15) is 17.9 Å². The summed E-state index contributed by atoms with van der Waals surface area (Å²) in [5, 5.41) is 9.09. The quantitative estimate of drug-likeness (QED) is 0.857. The predicted molar refractivity (Wildman–Crippen MR) is 74.7 cm³/mol. The molecular formula is C13H10INO3. The fraction of sp³-hybridized carbons (Fsp3) is 0.0769. The fourth-order valence-electron chi connectivity index (χ4n) is 1.43. The summed E-state index contributed by atoms with van der Waals surface area (Å²) in [5.74, 6) is -0.641. The van der Waals surface area contributed by atoms with Gasteiger partial charge in [0.05, 0.1) is 5.69 Å². The molecule has 0 saturated heterocycles. The van der Waals surface area contributed by atoms with Crippen molar-refractivity contribution in [2.75, 3.05) is 0 Å². The Labute approximate surface area is 118 Å². The first-order valence-electron chi connectivity index (χ1n) is 5.22. The van der Waals surface area contributed by atoms with Crippen LogP contribution in [0.2, 0.25) is 0 Å². The summed E-state index contributed by atoms with van der Waals surface area (Å²) < 4.78 is 6.35. The smallest absolute Gasteiger partial charge is 0.339 e. The van der Waals surface area contributed by atoms with Gasteiger partial charge in [0.15, 0.2) is 0 Å². The number of benzene rings is 1. The summed E-state index contributed by atoms with van der Waals surface area (Å²) >= 11 is 2.06. The van der Waals surface area contributed by atoms with E-state index in [4.69, 9.17) is 9.84 Å². The third kappa shape index (κ3) is 3.19. The average molecular weight is 355 g/mol. The molecule has 0 spiro atoms. The maximum Gasteiger partial charge on any atom is 0.339 e. The minimum absolute atomic E-state index is 0.165. The van der Waals surface area contributed by atoms with Crippen molar-refractivity contribution < 1.29 is 14.6 Å². The van der Waals surface area contributed by atoms with E-state index in [1.165, 1.54) is 0 Å². The van der Waals surface area contributed by atoms with Gasteiger partial charge in [0.25, 0.3) is 0 Å². The zero-order valence-corrected chi connectivity index (χ0v) is 11.5. The molecule has 0 saturated carbocycles. The van der Waals surface area contributed by atoms with Crippen molar-refractivity contribution in [3.05, 3.63) is 57.4 Å². The minimum Gasteiger partial charge on any atom is -0.486 e. The molecule has 1 aromatic heterocycles. The molecule has 0 bridgehead atoms. The molecule has 5 heteroatoms. The molecule has 18 heavy (non-hydrogen) atoms. The number of hydrogen-bond donors (Lipinski definition) is 1. The molecule has 2 rings (SSSR count). The van der Waals surface area contributed by atoms with E-state index in [-0.39, 0.29) is 12.2 Å². The van der Waals surface area contributed by atoms with Gasteiger partial charge in [-0.3, -0.25) is 4.98 Å². The highest BCUT2D eigenvalue weighted by Gasteiger charge is 2.11. The maximum atomic E-state index is 11.1. The number of carboxylic acids is 1. The molecule has 1 heterocycles. The molecule has 0 radical (unpaired) electrons. The monoisotopic (exact) mass is 355 g/mol. The van der Waals surface area contributed by atoms with Gasteiger partial charge in [-0.2, -0.15) is 0 Å². The molecule has 0 unspecified atom stereocenters. The lowest BCUT2D eigenvalue weighted by Crippen LogP contribution is -2.04. The van der Waals surface area contributed by atoms with Crippen LogP contribution in [-0.4, -0.2) is 16.1 Å². The van der Waals surface area contributed by atoms with Crippen molar-refractivity contribution in [2.45, 2.75) is 6.61 Å². The van der Waals surface area contributed by atoms with Gasteiger partial charge in [0, 0.05) is 9.77 Å². The highest BCUT2D eigenvalue weighted by atomic mass is 127. The largest absolute Gasteiger partial charge is 0.486 e. The van der Waals surface area contributed by atoms with Gasteiger partial charge >= 0.3 is 5.97 Å². The normalized spacial score (nSPS) is 10.1. The lowest BCUT2D eigenvalue weighted by atomic mass is 10.2. The van der Waals surface area contributed by atoms with Crippen molar-refractivity contribution in [2.24, 2.45) is 0 Å². The van der Waals surface area contributed by atoms with Crippen LogP contribution in [0.1, 0.15) is 16.1 Å². The maximum absolute atomic E-state index is 11.1. The van der Waals surface area contributed by atoms with Crippen LogP contribution >= 0.6 is 22.6 Å². The number of ether oxygens (including phenoxy) is 1. The van der Waals surface area contributed by atoms with Crippen LogP contribution in [0.5, 0.6) is 5.75 Å². The standard InChI is InChI=1S/C13H10INO3/c14-9-4-5-12(11(7-9)13(16)17)18-8-10-3-1-2-6-15-10/h1-7H,8H2,(H,16,17). The molecule has 92 valence electrons. The van der Waals surface area contributed by atoms with E-state index in [2.05, 4.69) is 27.6 Å². The lowest BCUT2D eigenvalue weighted by Gasteiger charge is -2.09. The molecule has 0 aliphatic rings. The van der Waals surface area contributed by atoms with Crippen LogP contribution in [0.4, 0.5) is 0 Å². The molecule has 0 atom stereocenters. The first-order valence-corrected chi connectivity index (χ1v) is 6.30. The summed E-state index contributed by atoms with van der Waals surface area (Å²) in [6, 6.07) is 10.5. The Bertz CT molecular complexity index is 557. The van der Waals surface area contributed by atoms with Gasteiger partial charge in [-0.25, -0.2) is 4.79 Å². The third-order valence-corrected chi connectivity index (χ3v) is 2.94. The molecule has 1 aromatic carbocycles. The van der Waals surface area contributed by atoms with E-state index in [0.717, 1.165) is 9.26 Å². The van der Waals surface area contributed by atoms with Crippen LogP contribution in [0.15, 0.2) is 42.6 Å². The number of hydrogen-bond acceptors (Lipinski definition) is 3. The number of pyridine rings is 1. The average Bonchev–Trinajstić information content (AvgIpc) is 2.38. The minimum atomic E-state index is -0.996. The summed E-state index contributed by atoms with van der Waals surface area (Å²) in [4.78, 5) is 15.2. The van der Waals surface area contributed by atoms with Gasteiger partial charge in [-0.05, 0) is 52.9 Å². The first-order chi connectivity index (χ1) is 8.66. The Hall–Kier alpha value is -1.63. The van der Waals surface area contributed by atoms with Crippen molar-refractivity contribution in [1.29, 1.82) is 0 Å². The van der Waals surface area contributed by atoms with Crippen molar-refractivity contribution >= 4 is 28.6 Å². The molecule has 0 amide bonds. The fourth-order valence-corrected chi connectivity index (χ4v) is 1.92. The van der Waals surface area contributed by atoms with Crippen LogP contribution in [0, 0.1) is 3.57 Å². The molecular weight excluding hydrogens is 345 g/mol. The summed E-state index contributed by atoms with van der Waals surface area (Å²) in [7, 11) is 0. The Kier molecular flexibility index (Phi) is 4.14. The van der Waals surface area contributed by atoms with E-state index in [1.54, 1.807) is 24.4 Å². The van der Waals surface area contributed by atoms with E-state index in [0.29, 0.717) is 5.75 Å². The second-order valence-electron chi connectivity index (χ2n) is 3.56. The molecule has 0 aliphatic carbocycles. The number of carbonyl (C=O) groups is 1. The molecule has 2 aromatic rings. The zero-order valence-electron chi connectivity index (χ0n) is 9.34. The van der Waals surface area contributed by atoms with Gasteiger partial charge < -0.3 is 9.84 Å². The molecule has 4 nitrogen and oxygen atoms in total. The van der Waals surface area contributed by atoms with Crippen LogP contribution in [0.25, 0.3) is 0 Å². The Morgan fingerprint density at radius 3 is 2.83 bits per heavy atom. The summed E-state index contributed by atoms with van der Waals surface area (Å²) in [5.41, 5.74) is 0.921. The topological polar surface area (TPSA) is 59.4 Å². The number of nitrogens with zero attached hydrogens (tertiary/aromatic N) is 1. The Morgan fingerprint density at radius 1 is 1.33 bits per heavy atom. The van der Waals surface area contributed by atoms with E-state index < -0.39 is 5.97 Å². The first kappa shape index (κ1) is 12.8. The lowest BCUT2D eigenvalue weighted by molar-refractivity contribution is 0.0691. The Morgan fingerprint density at radius 2 is 2.17 bits per heavy atom. The second-order valence-corrected chi connectivity index (χ2v) is 4.80. The van der Waals surface area contributed by atoms with Crippen LogP contribution in [-0.2, 0) is 6.61 Å². The van der Waals surface area contributed by atoms with Crippen molar-refractivity contribution in [3.8, 4) is 5.75 Å². The van der Waals surface area contributed by atoms with Gasteiger partial charge in [-0.15, -0.1) is 0 Å². The predicted octanol–water partition coefficient (Wildman–Crippen LogP) is 2.96. The number of carboxylic acid groups (broad SMARTS) is 1. The van der Waals surface area contributed by atoms with E-state index in [9.17, 15) is 4.79 Å². The van der Waals surface area contributed by atoms with E-state index >= 15 is 0 Å². The molecule has 1 N–H and O–H groups in total. The SMILES string of the molecule is O=C(O)c1cc(I)ccc1OCc1ccccn1. The summed E-state index contributed by atoms with van der Waals surface area (Å²) in [6.45, 7) is 0.252. The Balaban J connectivity index is 2.17. The number of rotatable bonds is 4. The van der Waals surface area contributed by atoms with Crippen molar-refractivity contribution in [1.82, 2.24) is 4.98 Å². The van der Waals surface area contributed by atoms with Crippen molar-refractivity contribution in [3.63, 3.8) is 0 Å². The third-order valence-electron chi connectivity index (χ3n) is 2.27. The number of halogens is 1. The van der Waals surface area contributed by atoms with Gasteiger partial charge in [-0.1, -0.05) is 6.07 Å². The zero-order chi connectivity index (χ0) is 13.0. The summed E-state index contributed by atoms with van der Waals surface area (Å²) in [6.07, 6.45) is 1.67. The highest BCUT2D eigenvalue weighted by Crippen LogP contribution is 2.22. The second kappa shape index (κ2) is 5.81. The van der Waals surface area contributed by atoms with Crippen LogP contribution in [0.3, 0.4) is 0 Å².